The normalized spacial score (nSPS) is 17.4. The highest BCUT2D eigenvalue weighted by molar-refractivity contribution is 5.85. The summed E-state index contributed by atoms with van der Waals surface area (Å²) < 4.78 is 5.08. The van der Waals surface area contributed by atoms with Crippen LogP contribution >= 0.6 is 24.8 Å². The minimum Gasteiger partial charge on any atom is -0.466 e. The lowest BCUT2D eigenvalue weighted by Gasteiger charge is -2.31. The van der Waals surface area contributed by atoms with E-state index in [1.165, 1.54) is 0 Å². The summed E-state index contributed by atoms with van der Waals surface area (Å²) in [5.74, 6) is 0.833. The van der Waals surface area contributed by atoms with E-state index in [4.69, 9.17) is 10.5 Å². The van der Waals surface area contributed by atoms with Gasteiger partial charge in [0.25, 0.3) is 0 Å². The van der Waals surface area contributed by atoms with E-state index >= 15 is 0 Å². The lowest BCUT2D eigenvalue weighted by molar-refractivity contribution is -0.148. The Morgan fingerprint density at radius 1 is 1.48 bits per heavy atom. The van der Waals surface area contributed by atoms with E-state index in [9.17, 15) is 4.79 Å². The van der Waals surface area contributed by atoms with Gasteiger partial charge in [0.05, 0.1) is 12.5 Å². The Balaban J connectivity index is 0.00000200. The van der Waals surface area contributed by atoms with E-state index in [0.29, 0.717) is 24.9 Å². The smallest absolute Gasteiger partial charge is 0.310 e. The van der Waals surface area contributed by atoms with Gasteiger partial charge in [0.2, 0.25) is 5.95 Å². The first-order valence-corrected chi connectivity index (χ1v) is 6.63. The number of nitrogen functional groups attached to an aromatic ring is 1. The lowest BCUT2D eigenvalue weighted by atomic mass is 9.98. The van der Waals surface area contributed by atoms with Gasteiger partial charge in [-0.2, -0.15) is 4.98 Å². The predicted molar refractivity (Wildman–Crippen MR) is 87.2 cm³/mol. The SMILES string of the molecule is CCOC(=O)C1CCCN(c2nc(C)cc(N)n2)C1.Cl.Cl. The summed E-state index contributed by atoms with van der Waals surface area (Å²) in [5.41, 5.74) is 6.57. The van der Waals surface area contributed by atoms with Crippen LogP contribution in [-0.4, -0.2) is 35.6 Å². The molecule has 0 spiro atoms. The first kappa shape index (κ1) is 19.7. The fraction of sp³-hybridized carbons (Fsp3) is 0.615. The number of hydrogen-bond acceptors (Lipinski definition) is 6. The van der Waals surface area contributed by atoms with E-state index in [2.05, 4.69) is 9.97 Å². The minimum atomic E-state index is -0.132. The summed E-state index contributed by atoms with van der Waals surface area (Å²) in [6, 6.07) is 1.73. The number of aromatic nitrogens is 2. The monoisotopic (exact) mass is 336 g/mol. The molecule has 0 radical (unpaired) electrons. The molecule has 1 fully saturated rings. The summed E-state index contributed by atoms with van der Waals surface area (Å²) >= 11 is 0. The van der Waals surface area contributed by atoms with Gasteiger partial charge in [0, 0.05) is 24.8 Å². The van der Waals surface area contributed by atoms with Gasteiger partial charge in [-0.1, -0.05) is 0 Å². The average molecular weight is 337 g/mol. The Labute approximate surface area is 137 Å². The summed E-state index contributed by atoms with van der Waals surface area (Å²) in [6.07, 6.45) is 1.79. The van der Waals surface area contributed by atoms with Crippen LogP contribution in [0.5, 0.6) is 0 Å². The molecule has 2 rings (SSSR count). The van der Waals surface area contributed by atoms with Crippen LogP contribution in [0.2, 0.25) is 0 Å². The highest BCUT2D eigenvalue weighted by Gasteiger charge is 2.28. The lowest BCUT2D eigenvalue weighted by Crippen LogP contribution is -2.40. The highest BCUT2D eigenvalue weighted by atomic mass is 35.5. The number of ether oxygens (including phenoxy) is 1. The molecule has 2 heterocycles. The Morgan fingerprint density at radius 2 is 2.19 bits per heavy atom. The maximum absolute atomic E-state index is 11.8. The third kappa shape index (κ3) is 5.21. The number of esters is 1. The number of halogens is 2. The van der Waals surface area contributed by atoms with Crippen molar-refractivity contribution in [3.8, 4) is 0 Å². The zero-order chi connectivity index (χ0) is 13.8. The molecule has 1 aromatic heterocycles. The van der Waals surface area contributed by atoms with E-state index in [-0.39, 0.29) is 36.7 Å². The number of aryl methyl sites for hydroxylation is 1. The van der Waals surface area contributed by atoms with E-state index < -0.39 is 0 Å². The van der Waals surface area contributed by atoms with Crippen molar-refractivity contribution in [3.63, 3.8) is 0 Å². The van der Waals surface area contributed by atoms with Crippen LogP contribution in [0.3, 0.4) is 0 Å². The standard InChI is InChI=1S/C13H20N4O2.2ClH/c1-3-19-12(18)10-5-4-6-17(8-10)13-15-9(2)7-11(14)16-13;;/h7,10H,3-6,8H2,1-2H3,(H2,14,15,16);2*1H. The number of carbonyl (C=O) groups excluding carboxylic acids is 1. The van der Waals surface area contributed by atoms with Crippen molar-refractivity contribution >= 4 is 42.5 Å². The predicted octanol–water partition coefficient (Wildman–Crippen LogP) is 1.99. The Bertz CT molecular complexity index is 453. The molecule has 1 unspecified atom stereocenters. The number of rotatable bonds is 3. The van der Waals surface area contributed by atoms with Gasteiger partial charge < -0.3 is 15.4 Å². The molecule has 0 bridgehead atoms. The summed E-state index contributed by atoms with van der Waals surface area (Å²) in [6.45, 7) is 5.57. The van der Waals surface area contributed by atoms with Gasteiger partial charge in [0.1, 0.15) is 5.82 Å². The molecule has 0 amide bonds. The zero-order valence-electron chi connectivity index (χ0n) is 12.2. The molecule has 1 aliphatic rings. The van der Waals surface area contributed by atoms with E-state index in [1.807, 2.05) is 18.7 Å². The zero-order valence-corrected chi connectivity index (χ0v) is 13.9. The van der Waals surface area contributed by atoms with Crippen LogP contribution in [0.15, 0.2) is 6.07 Å². The fourth-order valence-corrected chi connectivity index (χ4v) is 2.33. The first-order valence-electron chi connectivity index (χ1n) is 6.63. The number of piperidine rings is 1. The number of anilines is 2. The molecule has 0 aromatic carbocycles. The molecule has 1 atom stereocenters. The van der Waals surface area contributed by atoms with Gasteiger partial charge >= 0.3 is 5.97 Å². The Morgan fingerprint density at radius 3 is 2.81 bits per heavy atom. The Kier molecular flexibility index (Phi) is 8.36. The highest BCUT2D eigenvalue weighted by Crippen LogP contribution is 2.22. The molecule has 0 saturated carbocycles. The van der Waals surface area contributed by atoms with Crippen LogP contribution in [0, 0.1) is 12.8 Å². The van der Waals surface area contributed by atoms with Crippen molar-refractivity contribution in [3.05, 3.63) is 11.8 Å². The van der Waals surface area contributed by atoms with Gasteiger partial charge in [-0.05, 0) is 26.7 Å². The molecule has 21 heavy (non-hydrogen) atoms. The van der Waals surface area contributed by atoms with Crippen molar-refractivity contribution < 1.29 is 9.53 Å². The van der Waals surface area contributed by atoms with Crippen molar-refractivity contribution in [1.29, 1.82) is 0 Å². The maximum Gasteiger partial charge on any atom is 0.310 e. The average Bonchev–Trinajstić information content (AvgIpc) is 2.38. The van der Waals surface area contributed by atoms with Gasteiger partial charge in [-0.3, -0.25) is 4.79 Å². The van der Waals surface area contributed by atoms with Crippen LogP contribution in [0.25, 0.3) is 0 Å². The first-order chi connectivity index (χ1) is 9.10. The minimum absolute atomic E-state index is 0. The van der Waals surface area contributed by atoms with Crippen molar-refractivity contribution in [1.82, 2.24) is 9.97 Å². The largest absolute Gasteiger partial charge is 0.466 e. The van der Waals surface area contributed by atoms with Crippen LogP contribution in [-0.2, 0) is 9.53 Å². The molecule has 1 saturated heterocycles. The molecule has 8 heteroatoms. The van der Waals surface area contributed by atoms with E-state index in [1.54, 1.807) is 6.07 Å². The molecule has 6 nitrogen and oxygen atoms in total. The van der Waals surface area contributed by atoms with Gasteiger partial charge in [0.15, 0.2) is 0 Å². The number of nitrogens with two attached hydrogens (primary N) is 1. The molecular weight excluding hydrogens is 315 g/mol. The molecular formula is C13H22Cl2N4O2. The molecule has 1 aliphatic heterocycles. The second-order valence-electron chi connectivity index (χ2n) is 4.77. The van der Waals surface area contributed by atoms with Crippen LogP contribution in [0.1, 0.15) is 25.5 Å². The van der Waals surface area contributed by atoms with Crippen molar-refractivity contribution in [2.24, 2.45) is 5.92 Å². The quantitative estimate of drug-likeness (QED) is 0.850. The van der Waals surface area contributed by atoms with Crippen molar-refractivity contribution in [2.45, 2.75) is 26.7 Å². The molecule has 0 aliphatic carbocycles. The maximum atomic E-state index is 11.8. The number of nitrogens with zero attached hydrogens (tertiary/aromatic N) is 3. The van der Waals surface area contributed by atoms with E-state index in [0.717, 1.165) is 25.1 Å². The van der Waals surface area contributed by atoms with Crippen molar-refractivity contribution in [2.75, 3.05) is 30.3 Å². The Hall–Kier alpha value is -1.27. The summed E-state index contributed by atoms with van der Waals surface area (Å²) in [5, 5.41) is 0. The molecule has 120 valence electrons. The number of carbonyl (C=O) groups is 1. The topological polar surface area (TPSA) is 81.3 Å². The molecule has 2 N–H and O–H groups in total. The van der Waals surface area contributed by atoms with Gasteiger partial charge in [-0.15, -0.1) is 24.8 Å². The third-order valence-electron chi connectivity index (χ3n) is 3.19. The second-order valence-corrected chi connectivity index (χ2v) is 4.77. The number of hydrogen-bond donors (Lipinski definition) is 1. The second kappa shape index (κ2) is 8.89. The van der Waals surface area contributed by atoms with Crippen LogP contribution < -0.4 is 10.6 Å². The van der Waals surface area contributed by atoms with Gasteiger partial charge in [-0.25, -0.2) is 4.98 Å². The van der Waals surface area contributed by atoms with Crippen LogP contribution in [0.4, 0.5) is 11.8 Å². The molecule has 1 aromatic rings. The fourth-order valence-electron chi connectivity index (χ4n) is 2.33. The summed E-state index contributed by atoms with van der Waals surface area (Å²) in [4.78, 5) is 22.4. The summed E-state index contributed by atoms with van der Waals surface area (Å²) in [7, 11) is 0. The third-order valence-corrected chi connectivity index (χ3v) is 3.19.